The molecule has 1 atom stereocenters. The molecule has 0 bridgehead atoms. The first kappa shape index (κ1) is 9.19. The Kier molecular flexibility index (Phi) is 2.23. The Bertz CT molecular complexity index is 353. The first-order chi connectivity index (χ1) is 6.70. The Balaban J connectivity index is 2.44. The minimum Gasteiger partial charge on any atom is -0.508 e. The maximum atomic E-state index is 13.4. The molecule has 0 heterocycles. The molecule has 0 spiro atoms. The molecule has 1 fully saturated rings. The second kappa shape index (κ2) is 3.40. The largest absolute Gasteiger partial charge is 0.508 e. The van der Waals surface area contributed by atoms with E-state index in [1.165, 1.54) is 18.2 Å². The zero-order valence-electron chi connectivity index (χ0n) is 7.66. The van der Waals surface area contributed by atoms with Crippen LogP contribution in [-0.2, 0) is 4.79 Å². The van der Waals surface area contributed by atoms with Gasteiger partial charge < -0.3 is 5.11 Å². The number of phenolic OH excluding ortho intramolecular Hbond substituents is 1. The summed E-state index contributed by atoms with van der Waals surface area (Å²) in [5, 5.41) is 9.48. The van der Waals surface area contributed by atoms with Crippen LogP contribution < -0.4 is 0 Å². The molecule has 1 saturated carbocycles. The summed E-state index contributed by atoms with van der Waals surface area (Å²) in [7, 11) is 0. The number of rotatable bonds is 1. The normalized spacial score (nSPS) is 21.5. The van der Waals surface area contributed by atoms with Gasteiger partial charge in [0.05, 0.1) is 0 Å². The van der Waals surface area contributed by atoms with Crippen molar-refractivity contribution in [2.75, 3.05) is 0 Å². The Hall–Kier alpha value is -1.38. The lowest BCUT2D eigenvalue weighted by molar-refractivity contribution is -0.118. The van der Waals surface area contributed by atoms with Crippen LogP contribution in [0.2, 0.25) is 0 Å². The Labute approximate surface area is 81.4 Å². The monoisotopic (exact) mass is 194 g/mol. The number of carbonyl (C=O) groups excluding carboxylic acids is 1. The highest BCUT2D eigenvalue weighted by atomic mass is 19.1. The smallest absolute Gasteiger partial charge is 0.140 e. The highest BCUT2D eigenvalue weighted by molar-refractivity contribution is 5.88. The highest BCUT2D eigenvalue weighted by Gasteiger charge is 2.30. The van der Waals surface area contributed by atoms with E-state index in [9.17, 15) is 14.3 Å². The molecule has 3 heteroatoms. The van der Waals surface area contributed by atoms with Gasteiger partial charge in [-0.05, 0) is 25.0 Å². The third kappa shape index (κ3) is 1.39. The number of halogens is 1. The van der Waals surface area contributed by atoms with Crippen LogP contribution in [0.3, 0.4) is 0 Å². The van der Waals surface area contributed by atoms with Crippen LogP contribution in [0.5, 0.6) is 5.75 Å². The molecule has 0 saturated heterocycles. The van der Waals surface area contributed by atoms with Gasteiger partial charge in [-0.3, -0.25) is 4.79 Å². The van der Waals surface area contributed by atoms with Gasteiger partial charge in [-0.25, -0.2) is 4.39 Å². The van der Waals surface area contributed by atoms with E-state index in [0.29, 0.717) is 12.8 Å². The van der Waals surface area contributed by atoms with Crippen LogP contribution in [0.15, 0.2) is 18.2 Å². The zero-order valence-corrected chi connectivity index (χ0v) is 7.66. The molecule has 2 rings (SSSR count). The maximum Gasteiger partial charge on any atom is 0.140 e. The van der Waals surface area contributed by atoms with Crippen LogP contribution in [0, 0.1) is 5.82 Å². The molecule has 1 aliphatic rings. The number of benzene rings is 1. The van der Waals surface area contributed by atoms with Crippen molar-refractivity contribution in [2.45, 2.75) is 25.2 Å². The van der Waals surface area contributed by atoms with Gasteiger partial charge in [0, 0.05) is 17.9 Å². The standard InChI is InChI=1S/C11H11FO2/c12-8-4-2-6-10(14)11(8)7-3-1-5-9(7)13/h2,4,6-7,14H,1,3,5H2. The second-order valence-corrected chi connectivity index (χ2v) is 3.58. The molecule has 1 aromatic carbocycles. The number of ketones is 1. The van der Waals surface area contributed by atoms with E-state index in [4.69, 9.17) is 0 Å². The molecule has 74 valence electrons. The molecule has 1 aromatic rings. The molecule has 1 N–H and O–H groups in total. The predicted molar refractivity (Wildman–Crippen MR) is 49.7 cm³/mol. The minimum atomic E-state index is -0.481. The average molecular weight is 194 g/mol. The number of aromatic hydroxyl groups is 1. The van der Waals surface area contributed by atoms with Crippen LogP contribution in [0.1, 0.15) is 30.7 Å². The molecule has 1 unspecified atom stereocenters. The van der Waals surface area contributed by atoms with Crippen molar-refractivity contribution < 1.29 is 14.3 Å². The number of carbonyl (C=O) groups is 1. The van der Waals surface area contributed by atoms with E-state index in [-0.39, 0.29) is 17.1 Å². The number of hydrogen-bond donors (Lipinski definition) is 1. The fraction of sp³-hybridized carbons (Fsp3) is 0.364. The van der Waals surface area contributed by atoms with E-state index in [1.54, 1.807) is 0 Å². The molecule has 1 aliphatic carbocycles. The van der Waals surface area contributed by atoms with Crippen molar-refractivity contribution in [3.05, 3.63) is 29.6 Å². The summed E-state index contributed by atoms with van der Waals surface area (Å²) in [6.45, 7) is 0. The van der Waals surface area contributed by atoms with Gasteiger partial charge >= 0.3 is 0 Å². The SMILES string of the molecule is O=C1CCCC1c1c(O)cccc1F. The third-order valence-corrected chi connectivity index (χ3v) is 2.68. The molecule has 2 nitrogen and oxygen atoms in total. The maximum absolute atomic E-state index is 13.4. The average Bonchev–Trinajstić information content (AvgIpc) is 2.52. The zero-order chi connectivity index (χ0) is 10.1. The van der Waals surface area contributed by atoms with Crippen molar-refractivity contribution in [1.29, 1.82) is 0 Å². The fourth-order valence-electron chi connectivity index (χ4n) is 1.99. The van der Waals surface area contributed by atoms with E-state index in [2.05, 4.69) is 0 Å². The van der Waals surface area contributed by atoms with Crippen LogP contribution in [-0.4, -0.2) is 10.9 Å². The number of hydrogen-bond acceptors (Lipinski definition) is 2. The van der Waals surface area contributed by atoms with Gasteiger partial charge in [0.1, 0.15) is 17.3 Å². The first-order valence-electron chi connectivity index (χ1n) is 4.70. The van der Waals surface area contributed by atoms with E-state index >= 15 is 0 Å². The lowest BCUT2D eigenvalue weighted by atomic mass is 9.95. The van der Waals surface area contributed by atoms with E-state index in [1.807, 2.05) is 0 Å². The Morgan fingerprint density at radius 1 is 1.43 bits per heavy atom. The van der Waals surface area contributed by atoms with Gasteiger partial charge in [-0.2, -0.15) is 0 Å². The molecule has 0 radical (unpaired) electrons. The summed E-state index contributed by atoms with van der Waals surface area (Å²) in [6, 6.07) is 4.14. The predicted octanol–water partition coefficient (Wildman–Crippen LogP) is 2.37. The van der Waals surface area contributed by atoms with Crippen LogP contribution >= 0.6 is 0 Å². The van der Waals surface area contributed by atoms with Gasteiger partial charge in [0.15, 0.2) is 0 Å². The number of phenols is 1. The molecule has 0 aliphatic heterocycles. The summed E-state index contributed by atoms with van der Waals surface area (Å²) >= 11 is 0. The van der Waals surface area contributed by atoms with Crippen molar-refractivity contribution in [3.63, 3.8) is 0 Å². The topological polar surface area (TPSA) is 37.3 Å². The Morgan fingerprint density at radius 2 is 2.21 bits per heavy atom. The summed E-state index contributed by atoms with van der Waals surface area (Å²) < 4.78 is 13.4. The van der Waals surface area contributed by atoms with Crippen molar-refractivity contribution in [1.82, 2.24) is 0 Å². The van der Waals surface area contributed by atoms with Crippen molar-refractivity contribution in [3.8, 4) is 5.75 Å². The quantitative estimate of drug-likeness (QED) is 0.745. The summed E-state index contributed by atoms with van der Waals surface area (Å²) in [4.78, 5) is 11.4. The molecular weight excluding hydrogens is 183 g/mol. The van der Waals surface area contributed by atoms with Gasteiger partial charge in [0.25, 0.3) is 0 Å². The molecule has 0 amide bonds. The minimum absolute atomic E-state index is 0.0328. The number of Topliss-reactive ketones (excluding diaryl/α,β-unsaturated/α-hetero) is 1. The third-order valence-electron chi connectivity index (χ3n) is 2.68. The second-order valence-electron chi connectivity index (χ2n) is 3.58. The van der Waals surface area contributed by atoms with Crippen molar-refractivity contribution in [2.24, 2.45) is 0 Å². The van der Waals surface area contributed by atoms with Gasteiger partial charge in [0.2, 0.25) is 0 Å². The highest BCUT2D eigenvalue weighted by Crippen LogP contribution is 2.37. The fourth-order valence-corrected chi connectivity index (χ4v) is 1.99. The lowest BCUT2D eigenvalue weighted by Crippen LogP contribution is -2.06. The van der Waals surface area contributed by atoms with E-state index < -0.39 is 11.7 Å². The Morgan fingerprint density at radius 3 is 2.79 bits per heavy atom. The van der Waals surface area contributed by atoms with Crippen LogP contribution in [0.25, 0.3) is 0 Å². The summed E-state index contributed by atoms with van der Waals surface area (Å²) in [5.74, 6) is -0.989. The molecular formula is C11H11FO2. The van der Waals surface area contributed by atoms with Crippen LogP contribution in [0.4, 0.5) is 4.39 Å². The van der Waals surface area contributed by atoms with Gasteiger partial charge in [-0.15, -0.1) is 0 Å². The van der Waals surface area contributed by atoms with Gasteiger partial charge in [-0.1, -0.05) is 6.07 Å². The van der Waals surface area contributed by atoms with Crippen molar-refractivity contribution >= 4 is 5.78 Å². The summed E-state index contributed by atoms with van der Waals surface area (Å²) in [5.41, 5.74) is 0.176. The lowest BCUT2D eigenvalue weighted by Gasteiger charge is -2.11. The van der Waals surface area contributed by atoms with E-state index in [0.717, 1.165) is 6.42 Å². The molecule has 14 heavy (non-hydrogen) atoms. The molecule has 0 aromatic heterocycles. The summed E-state index contributed by atoms with van der Waals surface area (Å²) in [6.07, 6.45) is 1.93. The first-order valence-corrected chi connectivity index (χ1v) is 4.70.